The molecule has 2 amide bonds. The predicted octanol–water partition coefficient (Wildman–Crippen LogP) is 0.0489. The number of nitrogens with zero attached hydrogens (tertiary/aromatic N) is 1. The Bertz CT molecular complexity index is 343. The molecular weight excluding hydrogens is 252 g/mol. The van der Waals surface area contributed by atoms with E-state index in [2.05, 4.69) is 5.32 Å². The molecule has 7 heteroatoms. The van der Waals surface area contributed by atoms with Crippen molar-refractivity contribution in [3.8, 4) is 0 Å². The maximum absolute atomic E-state index is 11.9. The fraction of sp³-hybridized carbons (Fsp3) is 0.833. The lowest BCUT2D eigenvalue weighted by molar-refractivity contribution is -0.149. The Hall–Kier alpha value is -1.34. The first-order chi connectivity index (χ1) is 9.08. The highest BCUT2D eigenvalue weighted by Crippen LogP contribution is 2.19. The minimum Gasteiger partial charge on any atom is -0.479 e. The number of carbonyl (C=O) groups is 2. The molecule has 2 aliphatic heterocycles. The number of carboxylic acids is 1. The summed E-state index contributed by atoms with van der Waals surface area (Å²) in [4.78, 5) is 24.3. The molecule has 2 saturated heterocycles. The van der Waals surface area contributed by atoms with E-state index in [0.29, 0.717) is 32.6 Å². The predicted molar refractivity (Wildman–Crippen MR) is 65.9 cm³/mol. The molecule has 0 radical (unpaired) electrons. The maximum Gasteiger partial charge on any atom is 0.332 e. The van der Waals surface area contributed by atoms with Crippen molar-refractivity contribution >= 4 is 12.0 Å². The molecule has 3 atom stereocenters. The molecule has 0 spiro atoms. The van der Waals surface area contributed by atoms with Gasteiger partial charge in [-0.1, -0.05) is 0 Å². The van der Waals surface area contributed by atoms with Gasteiger partial charge in [0.25, 0.3) is 0 Å². The summed E-state index contributed by atoms with van der Waals surface area (Å²) >= 11 is 0. The average Bonchev–Trinajstić information content (AvgIpc) is 3.05. The van der Waals surface area contributed by atoms with Crippen LogP contribution in [0.4, 0.5) is 4.79 Å². The second kappa shape index (κ2) is 6.21. The van der Waals surface area contributed by atoms with Crippen molar-refractivity contribution in [1.29, 1.82) is 0 Å². The van der Waals surface area contributed by atoms with Crippen molar-refractivity contribution in [1.82, 2.24) is 10.2 Å². The highest BCUT2D eigenvalue weighted by atomic mass is 16.5. The van der Waals surface area contributed by atoms with Crippen LogP contribution in [0.25, 0.3) is 0 Å². The van der Waals surface area contributed by atoms with Crippen LogP contribution >= 0.6 is 0 Å². The molecule has 108 valence electrons. The number of carboxylic acid groups (broad SMARTS) is 1. The summed E-state index contributed by atoms with van der Waals surface area (Å²) in [6.45, 7) is 1.61. The van der Waals surface area contributed by atoms with Gasteiger partial charge in [0, 0.05) is 20.2 Å². The van der Waals surface area contributed by atoms with Gasteiger partial charge in [0.1, 0.15) is 0 Å². The standard InChI is InChI=1S/C12H20N2O5/c1-14(8-4-5-18-7-8)12(17)13-6-9-2-3-10(19-9)11(15)16/h8-10H,2-7H2,1H3,(H,13,17)(H,15,16). The van der Waals surface area contributed by atoms with Gasteiger partial charge in [0.05, 0.1) is 18.8 Å². The second-order valence-corrected chi connectivity index (χ2v) is 4.98. The molecule has 0 bridgehead atoms. The van der Waals surface area contributed by atoms with Gasteiger partial charge in [0.2, 0.25) is 0 Å². The number of aliphatic carboxylic acids is 1. The van der Waals surface area contributed by atoms with Crippen LogP contribution in [-0.2, 0) is 14.3 Å². The molecule has 2 heterocycles. The highest BCUT2D eigenvalue weighted by Gasteiger charge is 2.31. The van der Waals surface area contributed by atoms with Crippen molar-refractivity contribution in [2.75, 3.05) is 26.8 Å². The van der Waals surface area contributed by atoms with Crippen molar-refractivity contribution in [3.63, 3.8) is 0 Å². The van der Waals surface area contributed by atoms with Crippen LogP contribution in [0.15, 0.2) is 0 Å². The third-order valence-corrected chi connectivity index (χ3v) is 3.64. The zero-order valence-electron chi connectivity index (χ0n) is 11.0. The highest BCUT2D eigenvalue weighted by molar-refractivity contribution is 5.74. The Balaban J connectivity index is 1.70. The summed E-state index contributed by atoms with van der Waals surface area (Å²) in [6.07, 6.45) is 1.07. The molecule has 0 aliphatic carbocycles. The molecule has 7 nitrogen and oxygen atoms in total. The number of urea groups is 1. The Morgan fingerprint density at radius 2 is 2.16 bits per heavy atom. The second-order valence-electron chi connectivity index (χ2n) is 4.98. The van der Waals surface area contributed by atoms with Gasteiger partial charge in [-0.2, -0.15) is 0 Å². The topological polar surface area (TPSA) is 88.1 Å². The number of amides is 2. The molecule has 0 aromatic carbocycles. The number of ether oxygens (including phenoxy) is 2. The number of carbonyl (C=O) groups excluding carboxylic acids is 1. The van der Waals surface area contributed by atoms with Crippen LogP contribution in [0.5, 0.6) is 0 Å². The maximum atomic E-state index is 11.9. The Kier molecular flexibility index (Phi) is 4.60. The monoisotopic (exact) mass is 272 g/mol. The normalized spacial score (nSPS) is 30.3. The molecule has 19 heavy (non-hydrogen) atoms. The molecule has 2 rings (SSSR count). The zero-order chi connectivity index (χ0) is 13.8. The summed E-state index contributed by atoms with van der Waals surface area (Å²) in [5.74, 6) is -0.936. The van der Waals surface area contributed by atoms with Gasteiger partial charge in [0.15, 0.2) is 6.10 Å². The van der Waals surface area contributed by atoms with Crippen molar-refractivity contribution < 1.29 is 24.2 Å². The van der Waals surface area contributed by atoms with E-state index >= 15 is 0 Å². The molecular formula is C12H20N2O5. The fourth-order valence-corrected chi connectivity index (χ4v) is 2.36. The van der Waals surface area contributed by atoms with E-state index in [0.717, 1.165) is 6.42 Å². The number of hydrogen-bond donors (Lipinski definition) is 2. The molecule has 2 aliphatic rings. The third-order valence-electron chi connectivity index (χ3n) is 3.64. The van der Waals surface area contributed by atoms with Gasteiger partial charge in [-0.25, -0.2) is 9.59 Å². The summed E-state index contributed by atoms with van der Waals surface area (Å²) in [5.41, 5.74) is 0. The van der Waals surface area contributed by atoms with Crippen molar-refractivity contribution in [3.05, 3.63) is 0 Å². The molecule has 0 aromatic rings. The van der Waals surface area contributed by atoms with E-state index in [-0.39, 0.29) is 18.2 Å². The first kappa shape index (κ1) is 14.1. The van der Waals surface area contributed by atoms with E-state index in [9.17, 15) is 9.59 Å². The summed E-state index contributed by atoms with van der Waals surface area (Å²) in [5, 5.41) is 11.6. The molecule has 2 fully saturated rings. The quantitative estimate of drug-likeness (QED) is 0.755. The number of rotatable bonds is 4. The fourth-order valence-electron chi connectivity index (χ4n) is 2.36. The summed E-state index contributed by atoms with van der Waals surface area (Å²) in [7, 11) is 1.74. The minimum atomic E-state index is -0.936. The van der Waals surface area contributed by atoms with E-state index in [1.54, 1.807) is 11.9 Å². The van der Waals surface area contributed by atoms with E-state index < -0.39 is 12.1 Å². The number of hydrogen-bond acceptors (Lipinski definition) is 4. The smallest absolute Gasteiger partial charge is 0.332 e. The van der Waals surface area contributed by atoms with Gasteiger partial charge in [-0.15, -0.1) is 0 Å². The van der Waals surface area contributed by atoms with Gasteiger partial charge in [-0.05, 0) is 19.3 Å². The van der Waals surface area contributed by atoms with Crippen LogP contribution in [0.3, 0.4) is 0 Å². The minimum absolute atomic E-state index is 0.122. The molecule has 0 saturated carbocycles. The Morgan fingerprint density at radius 3 is 2.74 bits per heavy atom. The number of likely N-dealkylation sites (N-methyl/N-ethyl adjacent to an activating group) is 1. The SMILES string of the molecule is CN(C(=O)NCC1CCC(C(=O)O)O1)C1CCOC1. The van der Waals surface area contributed by atoms with Gasteiger partial charge < -0.3 is 24.8 Å². The first-order valence-corrected chi connectivity index (χ1v) is 6.54. The lowest BCUT2D eigenvalue weighted by Crippen LogP contribution is -2.46. The van der Waals surface area contributed by atoms with Crippen LogP contribution in [0, 0.1) is 0 Å². The Morgan fingerprint density at radius 1 is 1.37 bits per heavy atom. The van der Waals surface area contributed by atoms with Crippen LogP contribution in [0.1, 0.15) is 19.3 Å². The van der Waals surface area contributed by atoms with E-state index in [4.69, 9.17) is 14.6 Å². The molecule has 2 N–H and O–H groups in total. The lowest BCUT2D eigenvalue weighted by atomic mass is 10.2. The molecule has 0 aromatic heterocycles. The average molecular weight is 272 g/mol. The number of nitrogens with one attached hydrogen (secondary N) is 1. The van der Waals surface area contributed by atoms with Crippen LogP contribution in [0.2, 0.25) is 0 Å². The third kappa shape index (κ3) is 3.57. The van der Waals surface area contributed by atoms with E-state index in [1.165, 1.54) is 0 Å². The van der Waals surface area contributed by atoms with E-state index in [1.807, 2.05) is 0 Å². The van der Waals surface area contributed by atoms with Crippen LogP contribution in [-0.4, -0.2) is 67.1 Å². The molecule has 3 unspecified atom stereocenters. The van der Waals surface area contributed by atoms with Crippen molar-refractivity contribution in [2.24, 2.45) is 0 Å². The summed E-state index contributed by atoms with van der Waals surface area (Å²) in [6, 6.07) is -0.0471. The van der Waals surface area contributed by atoms with Crippen molar-refractivity contribution in [2.45, 2.75) is 37.5 Å². The van der Waals surface area contributed by atoms with Gasteiger partial charge in [-0.3, -0.25) is 0 Å². The summed E-state index contributed by atoms with van der Waals surface area (Å²) < 4.78 is 10.6. The van der Waals surface area contributed by atoms with Crippen LogP contribution < -0.4 is 5.32 Å². The van der Waals surface area contributed by atoms with Gasteiger partial charge >= 0.3 is 12.0 Å². The first-order valence-electron chi connectivity index (χ1n) is 6.54. The largest absolute Gasteiger partial charge is 0.479 e. The Labute approximate surface area is 111 Å². The lowest BCUT2D eigenvalue weighted by Gasteiger charge is -2.24. The zero-order valence-corrected chi connectivity index (χ0v) is 11.0.